The summed E-state index contributed by atoms with van der Waals surface area (Å²) in [6, 6.07) is 0. The molecule has 0 amide bonds. The van der Waals surface area contributed by atoms with Crippen LogP contribution >= 0.6 is 0 Å². The van der Waals surface area contributed by atoms with Crippen LogP contribution in [0.4, 0.5) is 0 Å². The third-order valence-corrected chi connectivity index (χ3v) is 0. The van der Waals surface area contributed by atoms with E-state index >= 15 is 0 Å². The van der Waals surface area contributed by atoms with Crippen molar-refractivity contribution in [2.75, 3.05) is 0 Å². The summed E-state index contributed by atoms with van der Waals surface area (Å²) < 4.78 is 0. The summed E-state index contributed by atoms with van der Waals surface area (Å²) >= 11 is 0. The van der Waals surface area contributed by atoms with Gasteiger partial charge >= 0.3 is 41.7 Å². The van der Waals surface area contributed by atoms with Crippen LogP contribution in [-0.2, 0) is 0 Å². The largest absolute Gasteiger partial charge is 3.00 e. The average Bonchev–Trinajstić information content (AvgIpc) is 0. The molecule has 0 atom stereocenters. The SMILES string of the molecule is [Ce+3].[NH2-].[NH2-].[NH2-]. The fourth-order valence-corrected chi connectivity index (χ4v) is 0. The van der Waals surface area contributed by atoms with Crippen LogP contribution < -0.4 is 0 Å². The number of hydrogen-bond donors (Lipinski definition) is 0. The third-order valence-electron chi connectivity index (χ3n) is 0. The van der Waals surface area contributed by atoms with E-state index in [2.05, 4.69) is 0 Å². The van der Waals surface area contributed by atoms with Crippen LogP contribution in [0.3, 0.4) is 0 Å². The number of rotatable bonds is 0. The molecule has 1 radical (unpaired) electrons. The Kier molecular flexibility index (Phi) is 431. The van der Waals surface area contributed by atoms with E-state index in [1.54, 1.807) is 0 Å². The minimum Gasteiger partial charge on any atom is -0.693 e. The first-order valence-corrected chi connectivity index (χ1v) is 0. The molecular formula is H6CeN3. The molecule has 0 heterocycles. The van der Waals surface area contributed by atoms with Crippen LogP contribution in [-0.4, -0.2) is 0 Å². The normalized spacial score (nSPS) is 0. The molecule has 0 saturated heterocycles. The summed E-state index contributed by atoms with van der Waals surface area (Å²) in [5.41, 5.74) is 0. The maximum Gasteiger partial charge on any atom is 3.00 e. The Morgan fingerprint density at radius 1 is 0.500 bits per heavy atom. The van der Waals surface area contributed by atoms with Crippen LogP contribution in [0.1, 0.15) is 0 Å². The second-order valence-electron chi connectivity index (χ2n) is 0. The van der Waals surface area contributed by atoms with Crippen LogP contribution in [0, 0.1) is 41.7 Å². The van der Waals surface area contributed by atoms with E-state index in [0.717, 1.165) is 0 Å². The Balaban J connectivity index is 0. The van der Waals surface area contributed by atoms with Gasteiger partial charge in [0.25, 0.3) is 0 Å². The van der Waals surface area contributed by atoms with Gasteiger partial charge in [-0.2, -0.15) is 0 Å². The van der Waals surface area contributed by atoms with Crippen molar-refractivity contribution in [3.8, 4) is 0 Å². The Morgan fingerprint density at radius 2 is 0.500 bits per heavy atom. The second-order valence-corrected chi connectivity index (χ2v) is 0. The molecule has 0 bridgehead atoms. The van der Waals surface area contributed by atoms with Crippen LogP contribution in [0.15, 0.2) is 0 Å². The molecule has 0 aromatic heterocycles. The molecule has 3 nitrogen and oxygen atoms in total. The Bertz CT molecular complexity index is 3.25. The molecule has 0 saturated carbocycles. The van der Waals surface area contributed by atoms with Crippen molar-refractivity contribution in [1.82, 2.24) is 0 Å². The fraction of sp³-hybridized carbons (Fsp3) is 0. The quantitative estimate of drug-likeness (QED) is 0.556. The van der Waals surface area contributed by atoms with Gasteiger partial charge in [0.15, 0.2) is 0 Å². The summed E-state index contributed by atoms with van der Waals surface area (Å²) in [6.07, 6.45) is 0. The molecular weight excluding hydrogens is 182 g/mol. The topological polar surface area (TPSA) is 100 Å². The van der Waals surface area contributed by atoms with Crippen molar-refractivity contribution in [3.05, 3.63) is 18.5 Å². The molecule has 6 N–H and O–H groups in total. The summed E-state index contributed by atoms with van der Waals surface area (Å²) in [6.45, 7) is 0. The average molecular weight is 188 g/mol. The van der Waals surface area contributed by atoms with Gasteiger partial charge in [0.05, 0.1) is 0 Å². The van der Waals surface area contributed by atoms with Gasteiger partial charge < -0.3 is 18.5 Å². The maximum atomic E-state index is 0. The smallest absolute Gasteiger partial charge is 0.693 e. The van der Waals surface area contributed by atoms with Crippen molar-refractivity contribution < 1.29 is 41.7 Å². The van der Waals surface area contributed by atoms with E-state index in [4.69, 9.17) is 0 Å². The predicted octanol–water partition coefficient (Wildman–Crippen LogP) is 2.15. The molecule has 0 aliphatic rings. The van der Waals surface area contributed by atoms with Gasteiger partial charge in [0.1, 0.15) is 0 Å². The van der Waals surface area contributed by atoms with E-state index in [1.165, 1.54) is 0 Å². The Morgan fingerprint density at radius 3 is 0.500 bits per heavy atom. The van der Waals surface area contributed by atoms with Crippen LogP contribution in [0.5, 0.6) is 0 Å². The Labute approximate surface area is 59.7 Å². The van der Waals surface area contributed by atoms with Crippen molar-refractivity contribution in [3.63, 3.8) is 0 Å². The van der Waals surface area contributed by atoms with E-state index in [9.17, 15) is 0 Å². The zero-order valence-corrected chi connectivity index (χ0v) is 5.37. The Hall–Kier alpha value is 1.26. The molecule has 0 fully saturated rings. The molecule has 0 aliphatic heterocycles. The predicted molar refractivity (Wildman–Crippen MR) is 15.9 cm³/mol. The van der Waals surface area contributed by atoms with E-state index < -0.39 is 0 Å². The minimum absolute atomic E-state index is 0. The molecule has 0 aromatic carbocycles. The summed E-state index contributed by atoms with van der Waals surface area (Å²) in [7, 11) is 0. The van der Waals surface area contributed by atoms with Gasteiger partial charge in [0.2, 0.25) is 0 Å². The first-order chi connectivity index (χ1) is 0. The van der Waals surface area contributed by atoms with Crippen molar-refractivity contribution >= 4 is 0 Å². The van der Waals surface area contributed by atoms with Gasteiger partial charge in [-0.25, -0.2) is 0 Å². The maximum absolute atomic E-state index is 0. The summed E-state index contributed by atoms with van der Waals surface area (Å²) in [5.74, 6) is 0. The molecule has 25 valence electrons. The first-order valence-electron chi connectivity index (χ1n) is 0. The molecule has 0 rings (SSSR count). The van der Waals surface area contributed by atoms with E-state index in [-0.39, 0.29) is 60.2 Å². The van der Waals surface area contributed by atoms with Crippen LogP contribution in [0.25, 0.3) is 18.5 Å². The van der Waals surface area contributed by atoms with Gasteiger partial charge in [-0.3, -0.25) is 0 Å². The summed E-state index contributed by atoms with van der Waals surface area (Å²) in [4.78, 5) is 0. The van der Waals surface area contributed by atoms with Crippen molar-refractivity contribution in [1.29, 1.82) is 0 Å². The zero-order chi connectivity index (χ0) is 0. The number of nitrogens with two attached hydrogens (primary N) is 3. The van der Waals surface area contributed by atoms with E-state index in [0.29, 0.717) is 0 Å². The molecule has 0 aromatic rings. The van der Waals surface area contributed by atoms with Crippen molar-refractivity contribution in [2.45, 2.75) is 0 Å². The van der Waals surface area contributed by atoms with Gasteiger partial charge in [0, 0.05) is 0 Å². The standard InChI is InChI=1S/Ce.3H2N/h;3*1H2/q+3;3*-1. The molecule has 0 unspecified atom stereocenters. The molecule has 0 spiro atoms. The monoisotopic (exact) mass is 188 g/mol. The first kappa shape index (κ1) is 60.3. The molecule has 4 heavy (non-hydrogen) atoms. The van der Waals surface area contributed by atoms with Crippen molar-refractivity contribution in [2.24, 2.45) is 0 Å². The third kappa shape index (κ3) is 10.5. The van der Waals surface area contributed by atoms with Gasteiger partial charge in [-0.1, -0.05) is 0 Å². The zero-order valence-electron chi connectivity index (χ0n) is 2.23. The fourth-order valence-electron chi connectivity index (χ4n) is 0. The van der Waals surface area contributed by atoms with Gasteiger partial charge in [-0.05, 0) is 0 Å². The summed E-state index contributed by atoms with van der Waals surface area (Å²) in [5, 5.41) is 0. The van der Waals surface area contributed by atoms with Gasteiger partial charge in [-0.15, -0.1) is 0 Å². The minimum atomic E-state index is 0. The number of hydrogen-bond acceptors (Lipinski definition) is 0. The molecule has 4 heteroatoms. The van der Waals surface area contributed by atoms with Crippen LogP contribution in [0.2, 0.25) is 0 Å². The second kappa shape index (κ2) is 28.6. The van der Waals surface area contributed by atoms with E-state index in [1.807, 2.05) is 0 Å². The molecule has 0 aliphatic carbocycles.